The molecule has 0 unspecified atom stereocenters. The fourth-order valence-corrected chi connectivity index (χ4v) is 3.05. The quantitative estimate of drug-likeness (QED) is 0.773. The summed E-state index contributed by atoms with van der Waals surface area (Å²) in [5.41, 5.74) is 1.63. The van der Waals surface area contributed by atoms with Crippen LogP contribution >= 0.6 is 12.6 Å². The van der Waals surface area contributed by atoms with E-state index in [2.05, 4.69) is 43.8 Å². The molecule has 1 aliphatic rings. The van der Waals surface area contributed by atoms with Crippen molar-refractivity contribution in [2.45, 2.75) is 39.0 Å². The summed E-state index contributed by atoms with van der Waals surface area (Å²) in [5, 5.41) is 0. The molecular weight excluding hydrogens is 228 g/mol. The van der Waals surface area contributed by atoms with Crippen molar-refractivity contribution in [3.63, 3.8) is 0 Å². The molecule has 1 aromatic carbocycles. The predicted molar refractivity (Wildman–Crippen MR) is 76.1 cm³/mol. The third-order valence-electron chi connectivity index (χ3n) is 3.89. The third kappa shape index (κ3) is 2.98. The number of benzene rings is 1. The Kier molecular flexibility index (Phi) is 4.38. The minimum absolute atomic E-state index is 0.323. The van der Waals surface area contributed by atoms with Crippen molar-refractivity contribution >= 4 is 12.6 Å². The first-order valence-corrected chi connectivity index (χ1v) is 7.24. The van der Waals surface area contributed by atoms with Gasteiger partial charge in [0.15, 0.2) is 0 Å². The van der Waals surface area contributed by atoms with Crippen molar-refractivity contribution in [3.05, 3.63) is 29.8 Å². The monoisotopic (exact) mass is 250 g/mol. The van der Waals surface area contributed by atoms with Crippen molar-refractivity contribution in [3.8, 4) is 5.75 Å². The number of thiol groups is 1. The molecule has 1 aliphatic carbocycles. The van der Waals surface area contributed by atoms with E-state index in [9.17, 15) is 0 Å². The second kappa shape index (κ2) is 5.81. The fraction of sp³-hybridized carbons (Fsp3) is 0.600. The maximum atomic E-state index is 6.06. The minimum atomic E-state index is 0.323. The van der Waals surface area contributed by atoms with E-state index in [1.54, 1.807) is 0 Å². The van der Waals surface area contributed by atoms with Gasteiger partial charge in [-0.15, -0.1) is 0 Å². The van der Waals surface area contributed by atoms with E-state index < -0.39 is 0 Å². The van der Waals surface area contributed by atoms with Crippen LogP contribution in [0, 0.1) is 5.41 Å². The average Bonchev–Trinajstić information content (AvgIpc) is 2.86. The van der Waals surface area contributed by atoms with E-state index in [1.165, 1.54) is 31.2 Å². The highest BCUT2D eigenvalue weighted by atomic mass is 32.1. The zero-order valence-corrected chi connectivity index (χ0v) is 11.5. The lowest BCUT2D eigenvalue weighted by atomic mass is 9.90. The first-order valence-electron chi connectivity index (χ1n) is 6.61. The number of ether oxygens (including phenoxy) is 1. The van der Waals surface area contributed by atoms with Crippen LogP contribution in [0.2, 0.25) is 0 Å². The number of hydrogen-bond acceptors (Lipinski definition) is 2. The van der Waals surface area contributed by atoms with Crippen LogP contribution < -0.4 is 4.74 Å². The van der Waals surface area contributed by atoms with Gasteiger partial charge in [0.1, 0.15) is 5.75 Å². The van der Waals surface area contributed by atoms with Gasteiger partial charge < -0.3 is 4.74 Å². The lowest BCUT2D eigenvalue weighted by Crippen LogP contribution is -2.27. The van der Waals surface area contributed by atoms with Crippen LogP contribution in [0.25, 0.3) is 0 Å². The molecular formula is C15H22OS. The molecule has 0 spiro atoms. The predicted octanol–water partition coefficient (Wildman–Crippen LogP) is 4.12. The van der Waals surface area contributed by atoms with Crippen LogP contribution in [0.3, 0.4) is 0 Å². The van der Waals surface area contributed by atoms with Gasteiger partial charge in [0.2, 0.25) is 0 Å². The zero-order valence-electron chi connectivity index (χ0n) is 10.6. The van der Waals surface area contributed by atoms with Crippen molar-refractivity contribution < 1.29 is 4.74 Å². The Morgan fingerprint density at radius 1 is 1.24 bits per heavy atom. The van der Waals surface area contributed by atoms with Gasteiger partial charge in [-0.3, -0.25) is 0 Å². The molecule has 0 atom stereocenters. The lowest BCUT2D eigenvalue weighted by molar-refractivity contribution is 0.172. The van der Waals surface area contributed by atoms with Crippen LogP contribution in [0.1, 0.15) is 38.2 Å². The normalized spacial score (nSPS) is 18.2. The molecule has 0 aromatic heterocycles. The molecule has 1 aromatic rings. The molecule has 0 heterocycles. The molecule has 17 heavy (non-hydrogen) atoms. The molecule has 1 fully saturated rings. The van der Waals surface area contributed by atoms with Crippen molar-refractivity contribution in [2.24, 2.45) is 5.41 Å². The van der Waals surface area contributed by atoms with Gasteiger partial charge in [-0.05, 0) is 36.6 Å². The van der Waals surface area contributed by atoms with Gasteiger partial charge in [-0.25, -0.2) is 0 Å². The number of para-hydroxylation sites is 1. The van der Waals surface area contributed by atoms with Crippen LogP contribution in [0.5, 0.6) is 5.75 Å². The molecule has 0 bridgehead atoms. The van der Waals surface area contributed by atoms with Crippen molar-refractivity contribution in [1.29, 1.82) is 0 Å². The molecule has 0 aliphatic heterocycles. The third-order valence-corrected chi connectivity index (χ3v) is 4.56. The second-order valence-electron chi connectivity index (χ2n) is 5.12. The highest BCUT2D eigenvalue weighted by molar-refractivity contribution is 7.80. The lowest BCUT2D eigenvalue weighted by Gasteiger charge is -2.27. The van der Waals surface area contributed by atoms with E-state index >= 15 is 0 Å². The number of aryl methyl sites for hydroxylation is 1. The van der Waals surface area contributed by atoms with Crippen LogP contribution in [-0.4, -0.2) is 12.4 Å². The fourth-order valence-electron chi connectivity index (χ4n) is 2.64. The maximum absolute atomic E-state index is 6.06. The smallest absolute Gasteiger partial charge is 0.122 e. The summed E-state index contributed by atoms with van der Waals surface area (Å²) in [6.07, 6.45) is 6.23. The van der Waals surface area contributed by atoms with E-state index in [0.29, 0.717) is 5.41 Å². The Labute approximate surface area is 110 Å². The van der Waals surface area contributed by atoms with Gasteiger partial charge in [0.05, 0.1) is 6.61 Å². The summed E-state index contributed by atoms with van der Waals surface area (Å²) in [4.78, 5) is 0. The van der Waals surface area contributed by atoms with Gasteiger partial charge in [-0.2, -0.15) is 12.6 Å². The molecule has 1 saturated carbocycles. The molecule has 1 nitrogen and oxygen atoms in total. The summed E-state index contributed by atoms with van der Waals surface area (Å²) in [6, 6.07) is 8.36. The largest absolute Gasteiger partial charge is 0.493 e. The van der Waals surface area contributed by atoms with Gasteiger partial charge in [0, 0.05) is 5.41 Å². The van der Waals surface area contributed by atoms with Gasteiger partial charge in [-0.1, -0.05) is 38.0 Å². The molecule has 0 amide bonds. The highest BCUT2D eigenvalue weighted by Gasteiger charge is 2.33. The molecule has 2 rings (SSSR count). The number of hydrogen-bond donors (Lipinski definition) is 1. The molecule has 94 valence electrons. The minimum Gasteiger partial charge on any atom is -0.493 e. The highest BCUT2D eigenvalue weighted by Crippen LogP contribution is 2.39. The molecule has 0 saturated heterocycles. The van der Waals surface area contributed by atoms with Crippen LogP contribution in [0.4, 0.5) is 0 Å². The van der Waals surface area contributed by atoms with E-state index in [-0.39, 0.29) is 0 Å². The summed E-state index contributed by atoms with van der Waals surface area (Å²) in [5.74, 6) is 2.00. The SMILES string of the molecule is CCc1ccccc1OCC1(CS)CCCC1. The summed E-state index contributed by atoms with van der Waals surface area (Å²) >= 11 is 4.52. The Balaban J connectivity index is 2.01. The van der Waals surface area contributed by atoms with E-state index in [4.69, 9.17) is 4.74 Å². The van der Waals surface area contributed by atoms with E-state index in [0.717, 1.165) is 24.5 Å². The molecule has 0 N–H and O–H groups in total. The molecule has 2 heteroatoms. The van der Waals surface area contributed by atoms with Gasteiger partial charge >= 0.3 is 0 Å². The summed E-state index contributed by atoms with van der Waals surface area (Å²) in [7, 11) is 0. The summed E-state index contributed by atoms with van der Waals surface area (Å²) < 4.78 is 6.06. The van der Waals surface area contributed by atoms with Crippen molar-refractivity contribution in [1.82, 2.24) is 0 Å². The van der Waals surface area contributed by atoms with Gasteiger partial charge in [0.25, 0.3) is 0 Å². The first-order chi connectivity index (χ1) is 8.29. The Morgan fingerprint density at radius 2 is 1.94 bits per heavy atom. The molecule has 0 radical (unpaired) electrons. The maximum Gasteiger partial charge on any atom is 0.122 e. The average molecular weight is 250 g/mol. The van der Waals surface area contributed by atoms with Crippen molar-refractivity contribution in [2.75, 3.05) is 12.4 Å². The first kappa shape index (κ1) is 12.8. The standard InChI is InChI=1S/C15H22OS/c1-2-13-7-3-4-8-14(13)16-11-15(12-17)9-5-6-10-15/h3-4,7-8,17H,2,5-6,9-12H2,1H3. The Bertz CT molecular complexity index is 356. The van der Waals surface area contributed by atoms with E-state index in [1.807, 2.05) is 0 Å². The van der Waals surface area contributed by atoms with Crippen LogP contribution in [0.15, 0.2) is 24.3 Å². The van der Waals surface area contributed by atoms with Crippen LogP contribution in [-0.2, 0) is 6.42 Å². The summed E-state index contributed by atoms with van der Waals surface area (Å²) in [6.45, 7) is 3.00. The topological polar surface area (TPSA) is 9.23 Å². The Hall–Kier alpha value is -0.630. The zero-order chi connectivity index (χ0) is 12.1. The second-order valence-corrected chi connectivity index (χ2v) is 5.43. The Morgan fingerprint density at radius 3 is 2.59 bits per heavy atom. The number of rotatable bonds is 5.